The second-order valence-corrected chi connectivity index (χ2v) is 10.2. The van der Waals surface area contributed by atoms with Gasteiger partial charge in [-0.2, -0.15) is 0 Å². The lowest BCUT2D eigenvalue weighted by Gasteiger charge is -2.33. The third-order valence-electron chi connectivity index (χ3n) is 6.32. The van der Waals surface area contributed by atoms with Crippen LogP contribution in [0.25, 0.3) is 11.0 Å². The maximum Gasteiger partial charge on any atom is 0.326 e. The van der Waals surface area contributed by atoms with E-state index in [1.165, 1.54) is 7.11 Å². The summed E-state index contributed by atoms with van der Waals surface area (Å²) in [4.78, 5) is 42.7. The van der Waals surface area contributed by atoms with Crippen LogP contribution in [0.1, 0.15) is 30.9 Å². The van der Waals surface area contributed by atoms with Crippen LogP contribution < -0.4 is 5.69 Å². The number of aromatic hydroxyl groups is 1. The number of imidazole rings is 1. The van der Waals surface area contributed by atoms with Crippen LogP contribution in [0.5, 0.6) is 5.75 Å². The van der Waals surface area contributed by atoms with Crippen LogP contribution >= 0.6 is 31.9 Å². The van der Waals surface area contributed by atoms with Gasteiger partial charge in [-0.1, -0.05) is 12.1 Å². The summed E-state index contributed by atoms with van der Waals surface area (Å²) in [5.41, 5.74) is 2.33. The van der Waals surface area contributed by atoms with E-state index in [4.69, 9.17) is 4.74 Å². The molecule has 180 valence electrons. The van der Waals surface area contributed by atoms with E-state index < -0.39 is 11.9 Å². The summed E-state index contributed by atoms with van der Waals surface area (Å²) in [5, 5.41) is 9.93. The third-order valence-corrected chi connectivity index (χ3v) is 7.53. The number of phenolic OH excluding ortho intramolecular Hbond substituents is 1. The summed E-state index contributed by atoms with van der Waals surface area (Å²) < 4.78 is 7.74. The number of aromatic nitrogens is 2. The maximum absolute atomic E-state index is 13.1. The Hall–Kier alpha value is -2.59. The second kappa shape index (κ2) is 10.4. The molecule has 0 radical (unpaired) electrons. The Balaban J connectivity index is 1.42. The van der Waals surface area contributed by atoms with Gasteiger partial charge in [0.2, 0.25) is 5.91 Å². The minimum atomic E-state index is -0.644. The fourth-order valence-corrected chi connectivity index (χ4v) is 5.86. The molecule has 0 bridgehead atoms. The van der Waals surface area contributed by atoms with Gasteiger partial charge in [0.05, 0.1) is 33.0 Å². The number of esters is 1. The average molecular weight is 595 g/mol. The van der Waals surface area contributed by atoms with Crippen molar-refractivity contribution >= 4 is 54.8 Å². The number of amides is 1. The Morgan fingerprint density at radius 3 is 2.47 bits per heavy atom. The number of hydrogen-bond donors (Lipinski definition) is 2. The number of ether oxygens (including phenoxy) is 1. The van der Waals surface area contributed by atoms with Gasteiger partial charge in [-0.05, 0) is 81.0 Å². The smallest absolute Gasteiger partial charge is 0.326 e. The van der Waals surface area contributed by atoms with E-state index in [-0.39, 0.29) is 29.8 Å². The monoisotopic (exact) mass is 593 g/mol. The lowest BCUT2D eigenvalue weighted by atomic mass is 9.94. The molecule has 0 unspecified atom stereocenters. The highest BCUT2D eigenvalue weighted by atomic mass is 79.9. The van der Waals surface area contributed by atoms with E-state index in [0.717, 1.165) is 16.6 Å². The molecular formula is C24H25Br2N3O5. The van der Waals surface area contributed by atoms with Gasteiger partial charge < -0.3 is 19.7 Å². The molecule has 1 aliphatic heterocycles. The first-order valence-electron chi connectivity index (χ1n) is 11.0. The van der Waals surface area contributed by atoms with Crippen LogP contribution in [0, 0.1) is 5.92 Å². The molecule has 1 aromatic heterocycles. The van der Waals surface area contributed by atoms with Crippen molar-refractivity contribution in [1.29, 1.82) is 0 Å². The summed E-state index contributed by atoms with van der Waals surface area (Å²) >= 11 is 6.60. The molecule has 1 amide bonds. The predicted molar refractivity (Wildman–Crippen MR) is 135 cm³/mol. The molecule has 0 saturated carbocycles. The lowest BCUT2D eigenvalue weighted by molar-refractivity contribution is -0.149. The minimum Gasteiger partial charge on any atom is -0.506 e. The van der Waals surface area contributed by atoms with Crippen molar-refractivity contribution in [2.75, 3.05) is 20.2 Å². The summed E-state index contributed by atoms with van der Waals surface area (Å²) in [7, 11) is 1.31. The van der Waals surface area contributed by atoms with Crippen LogP contribution in [-0.4, -0.2) is 51.6 Å². The summed E-state index contributed by atoms with van der Waals surface area (Å²) in [6, 6.07) is 11.1. The first-order valence-corrected chi connectivity index (χ1v) is 12.6. The topological polar surface area (TPSA) is 105 Å². The standard InChI is InChI=1S/C24H25Br2N3O5/c1-34-23(32)15(10-14-11-17(25)22(31)18(26)12-14)13-21(30)28-8-6-16(7-9-28)29-20-5-3-2-4-19(20)27-24(29)33/h2-5,11-12,15-16,31H,6-10,13H2,1H3,(H,27,33)/t15-/m1/s1. The number of likely N-dealkylation sites (tertiary alicyclic amines) is 1. The fourth-order valence-electron chi connectivity index (χ4n) is 4.58. The molecule has 34 heavy (non-hydrogen) atoms. The number of rotatable bonds is 6. The fraction of sp³-hybridized carbons (Fsp3) is 0.375. The Labute approximate surface area is 213 Å². The maximum atomic E-state index is 13.1. The molecule has 1 aliphatic rings. The summed E-state index contributed by atoms with van der Waals surface area (Å²) in [6.45, 7) is 1.03. The second-order valence-electron chi connectivity index (χ2n) is 8.47. The molecule has 10 heteroatoms. The number of hydrogen-bond acceptors (Lipinski definition) is 5. The van der Waals surface area contributed by atoms with Gasteiger partial charge in [0.25, 0.3) is 0 Å². The van der Waals surface area contributed by atoms with Crippen LogP contribution in [0.3, 0.4) is 0 Å². The zero-order valence-corrected chi connectivity index (χ0v) is 21.8. The number of carbonyl (C=O) groups is 2. The van der Waals surface area contributed by atoms with Crippen molar-refractivity contribution < 1.29 is 19.4 Å². The predicted octanol–water partition coefficient (Wildman–Crippen LogP) is 4.15. The van der Waals surface area contributed by atoms with Crippen molar-refractivity contribution in [1.82, 2.24) is 14.5 Å². The quantitative estimate of drug-likeness (QED) is 0.417. The first kappa shape index (κ1) is 24.5. The molecule has 3 aromatic rings. The molecule has 4 rings (SSSR count). The normalized spacial score (nSPS) is 15.4. The van der Waals surface area contributed by atoms with Crippen molar-refractivity contribution in [3.05, 3.63) is 61.4 Å². The van der Waals surface area contributed by atoms with Crippen molar-refractivity contribution in [2.45, 2.75) is 31.7 Å². The van der Waals surface area contributed by atoms with Gasteiger partial charge in [0.15, 0.2) is 0 Å². The molecular weight excluding hydrogens is 570 g/mol. The number of phenols is 1. The average Bonchev–Trinajstić information content (AvgIpc) is 3.17. The van der Waals surface area contributed by atoms with Gasteiger partial charge in [-0.25, -0.2) is 4.79 Å². The molecule has 1 fully saturated rings. The Bertz CT molecular complexity index is 1250. The highest BCUT2D eigenvalue weighted by Crippen LogP contribution is 2.34. The number of methoxy groups -OCH3 is 1. The molecule has 8 nitrogen and oxygen atoms in total. The number of fused-ring (bicyclic) bond motifs is 1. The van der Waals surface area contributed by atoms with Crippen LogP contribution in [0.4, 0.5) is 0 Å². The van der Waals surface area contributed by atoms with E-state index in [1.807, 2.05) is 24.3 Å². The summed E-state index contributed by atoms with van der Waals surface area (Å²) in [6.07, 6.45) is 1.65. The molecule has 0 spiro atoms. The molecule has 0 aliphatic carbocycles. The van der Waals surface area contributed by atoms with Gasteiger partial charge in [0, 0.05) is 25.6 Å². The minimum absolute atomic E-state index is 0.0100. The molecule has 2 N–H and O–H groups in total. The molecule has 2 heterocycles. The number of piperidine rings is 1. The molecule has 1 saturated heterocycles. The van der Waals surface area contributed by atoms with Gasteiger partial charge >= 0.3 is 11.7 Å². The zero-order valence-electron chi connectivity index (χ0n) is 18.6. The Morgan fingerprint density at radius 2 is 1.82 bits per heavy atom. The number of benzene rings is 2. The van der Waals surface area contributed by atoms with Gasteiger partial charge in [-0.3, -0.25) is 14.2 Å². The van der Waals surface area contributed by atoms with Crippen LogP contribution in [0.15, 0.2) is 50.1 Å². The van der Waals surface area contributed by atoms with E-state index in [1.54, 1.807) is 21.6 Å². The van der Waals surface area contributed by atoms with Gasteiger partial charge in [-0.15, -0.1) is 0 Å². The highest BCUT2D eigenvalue weighted by Gasteiger charge is 2.30. The van der Waals surface area contributed by atoms with Crippen molar-refractivity contribution in [3.63, 3.8) is 0 Å². The van der Waals surface area contributed by atoms with E-state index in [9.17, 15) is 19.5 Å². The number of H-pyrrole nitrogens is 1. The Morgan fingerprint density at radius 1 is 1.18 bits per heavy atom. The number of halogens is 2. The van der Waals surface area contributed by atoms with Crippen molar-refractivity contribution in [2.24, 2.45) is 5.92 Å². The van der Waals surface area contributed by atoms with Crippen LogP contribution in [0.2, 0.25) is 0 Å². The van der Waals surface area contributed by atoms with Crippen LogP contribution in [-0.2, 0) is 20.7 Å². The zero-order chi connectivity index (χ0) is 24.4. The first-order chi connectivity index (χ1) is 16.3. The molecule has 1 atom stereocenters. The van der Waals surface area contributed by atoms with E-state index in [2.05, 4.69) is 36.8 Å². The largest absolute Gasteiger partial charge is 0.506 e. The SMILES string of the molecule is COC(=O)[C@@H](CC(=O)N1CCC(n2c(=O)[nH]c3ccccc32)CC1)Cc1cc(Br)c(O)c(Br)c1. The number of aromatic amines is 1. The van der Waals surface area contributed by atoms with Gasteiger partial charge in [0.1, 0.15) is 5.75 Å². The number of nitrogens with zero attached hydrogens (tertiary/aromatic N) is 2. The van der Waals surface area contributed by atoms with Crippen molar-refractivity contribution in [3.8, 4) is 5.75 Å². The highest BCUT2D eigenvalue weighted by molar-refractivity contribution is 9.11. The number of para-hydroxylation sites is 2. The Kier molecular flexibility index (Phi) is 7.47. The molecule has 2 aromatic carbocycles. The van der Waals surface area contributed by atoms with E-state index in [0.29, 0.717) is 41.3 Å². The van der Waals surface area contributed by atoms with E-state index >= 15 is 0 Å². The third kappa shape index (κ3) is 5.07. The number of carbonyl (C=O) groups excluding carboxylic acids is 2. The number of nitrogens with one attached hydrogen (secondary N) is 1. The summed E-state index contributed by atoms with van der Waals surface area (Å²) in [5.74, 6) is -1.13. The lowest BCUT2D eigenvalue weighted by Crippen LogP contribution is -2.41.